The fourth-order valence-electron chi connectivity index (χ4n) is 4.14. The van der Waals surface area contributed by atoms with Crippen LogP contribution in [0.5, 0.6) is 0 Å². The highest BCUT2D eigenvalue weighted by Gasteiger charge is 2.34. The lowest BCUT2D eigenvalue weighted by Crippen LogP contribution is -2.33. The van der Waals surface area contributed by atoms with E-state index < -0.39 is 0 Å². The zero-order valence-electron chi connectivity index (χ0n) is 18.8. The van der Waals surface area contributed by atoms with E-state index in [1.54, 1.807) is 41.3 Å². The monoisotopic (exact) mass is 481 g/mol. The van der Waals surface area contributed by atoms with Crippen LogP contribution in [0.2, 0.25) is 0 Å². The summed E-state index contributed by atoms with van der Waals surface area (Å²) in [5.74, 6) is -0.538. The summed E-state index contributed by atoms with van der Waals surface area (Å²) in [7, 11) is 0. The number of nitrogens with one attached hydrogen (secondary N) is 2. The number of aromatic nitrogens is 2. The number of hydrogen-bond acceptors (Lipinski definition) is 4. The van der Waals surface area contributed by atoms with E-state index in [4.69, 9.17) is 12.2 Å². The molecule has 2 heterocycles. The average Bonchev–Trinajstić information content (AvgIpc) is 3.44. The largest absolute Gasteiger partial charge is 0.352 e. The van der Waals surface area contributed by atoms with E-state index in [1.807, 2.05) is 36.4 Å². The van der Waals surface area contributed by atoms with Crippen LogP contribution in [-0.2, 0) is 6.54 Å². The Labute approximate surface area is 208 Å². The summed E-state index contributed by atoms with van der Waals surface area (Å²) in [6, 6.07) is 27.0. The molecule has 4 aromatic rings. The number of carbonyl (C=O) groups is 2. The van der Waals surface area contributed by atoms with Gasteiger partial charge in [-0.3, -0.25) is 19.2 Å². The van der Waals surface area contributed by atoms with Crippen molar-refractivity contribution >= 4 is 34.8 Å². The molecule has 8 heteroatoms. The van der Waals surface area contributed by atoms with Gasteiger partial charge < -0.3 is 10.6 Å². The van der Waals surface area contributed by atoms with Crippen molar-refractivity contribution < 1.29 is 9.59 Å². The molecule has 0 saturated heterocycles. The Morgan fingerprint density at radius 3 is 1.91 bits per heavy atom. The van der Waals surface area contributed by atoms with Crippen LogP contribution in [0.15, 0.2) is 97.3 Å². The second-order valence-corrected chi connectivity index (χ2v) is 8.56. The van der Waals surface area contributed by atoms with Crippen LogP contribution < -0.4 is 10.6 Å². The highest BCUT2D eigenvalue weighted by Crippen LogP contribution is 2.23. The summed E-state index contributed by atoms with van der Waals surface area (Å²) in [4.78, 5) is 26.4. The highest BCUT2D eigenvalue weighted by atomic mass is 32.1. The minimum Gasteiger partial charge on any atom is -0.352 e. The fourth-order valence-corrected chi connectivity index (χ4v) is 4.38. The number of carbonyl (C=O) groups excluding carboxylic acids is 2. The maximum absolute atomic E-state index is 12.6. The molecule has 0 fully saturated rings. The van der Waals surface area contributed by atoms with Crippen LogP contribution in [0.25, 0.3) is 0 Å². The minimum atomic E-state index is -0.269. The Balaban J connectivity index is 1.21. The Hall–Kier alpha value is -4.30. The maximum Gasteiger partial charge on any atom is 0.261 e. The van der Waals surface area contributed by atoms with Gasteiger partial charge in [-0.25, -0.2) is 0 Å². The summed E-state index contributed by atoms with van der Waals surface area (Å²) in [5, 5.41) is 11.4. The van der Waals surface area contributed by atoms with Crippen LogP contribution in [0.1, 0.15) is 37.9 Å². The number of imide groups is 1. The molecule has 174 valence electrons. The van der Waals surface area contributed by atoms with Crippen LogP contribution in [0.3, 0.4) is 0 Å². The molecule has 2 amide bonds. The van der Waals surface area contributed by atoms with Gasteiger partial charge in [-0.2, -0.15) is 5.10 Å². The molecule has 35 heavy (non-hydrogen) atoms. The third-order valence-corrected chi connectivity index (χ3v) is 6.08. The predicted octanol–water partition coefficient (Wildman–Crippen LogP) is 4.26. The molecule has 1 aliphatic rings. The van der Waals surface area contributed by atoms with Crippen molar-refractivity contribution in [3.8, 4) is 0 Å². The molecular weight excluding hydrogens is 458 g/mol. The zero-order valence-corrected chi connectivity index (χ0v) is 19.6. The number of thiocarbonyl (C=S) groups is 1. The van der Waals surface area contributed by atoms with Crippen molar-refractivity contribution in [3.63, 3.8) is 0 Å². The van der Waals surface area contributed by atoms with Crippen LogP contribution in [-0.4, -0.2) is 38.2 Å². The van der Waals surface area contributed by atoms with E-state index >= 15 is 0 Å². The van der Waals surface area contributed by atoms with Gasteiger partial charge in [0.15, 0.2) is 5.11 Å². The summed E-state index contributed by atoms with van der Waals surface area (Å²) >= 11 is 5.59. The van der Waals surface area contributed by atoms with Gasteiger partial charge in [0.1, 0.15) is 0 Å². The molecule has 1 aromatic heterocycles. The molecule has 0 aliphatic carbocycles. The standard InChI is InChI=1S/C27H23N5O2S/c33-25-22-13-7-8-14-23(22)26(34)32(25)16-15-31-18-21(17-28-31)29-27(35)30-24(19-9-3-1-4-10-19)20-11-5-2-6-12-20/h1-14,17-18,24H,15-16H2,(H2,29,30,35). The van der Waals surface area contributed by atoms with Gasteiger partial charge in [0.05, 0.1) is 35.6 Å². The smallest absolute Gasteiger partial charge is 0.261 e. The first-order chi connectivity index (χ1) is 17.1. The highest BCUT2D eigenvalue weighted by molar-refractivity contribution is 7.80. The van der Waals surface area contributed by atoms with Gasteiger partial charge in [-0.15, -0.1) is 0 Å². The molecule has 0 atom stereocenters. The molecule has 0 bridgehead atoms. The summed E-state index contributed by atoms with van der Waals surface area (Å²) in [6.45, 7) is 0.615. The quantitative estimate of drug-likeness (QED) is 0.303. The minimum absolute atomic E-state index is 0.110. The van der Waals surface area contributed by atoms with E-state index in [0.29, 0.717) is 28.5 Å². The molecule has 0 unspecified atom stereocenters. The molecule has 2 N–H and O–H groups in total. The number of anilines is 1. The predicted molar refractivity (Wildman–Crippen MR) is 138 cm³/mol. The fraction of sp³-hybridized carbons (Fsp3) is 0.111. The third-order valence-electron chi connectivity index (χ3n) is 5.86. The average molecular weight is 482 g/mol. The second kappa shape index (κ2) is 9.90. The van der Waals surface area contributed by atoms with E-state index in [1.165, 1.54) is 4.90 Å². The van der Waals surface area contributed by atoms with E-state index in [2.05, 4.69) is 40.0 Å². The zero-order chi connectivity index (χ0) is 24.2. The van der Waals surface area contributed by atoms with Gasteiger partial charge in [0.25, 0.3) is 11.8 Å². The molecule has 1 aliphatic heterocycles. The van der Waals surface area contributed by atoms with Gasteiger partial charge in [0, 0.05) is 12.7 Å². The lowest BCUT2D eigenvalue weighted by Gasteiger charge is -2.21. The summed E-state index contributed by atoms with van der Waals surface area (Å²) in [6.07, 6.45) is 3.46. The number of hydrogen-bond donors (Lipinski definition) is 2. The van der Waals surface area contributed by atoms with E-state index in [-0.39, 0.29) is 24.4 Å². The number of benzene rings is 3. The van der Waals surface area contributed by atoms with Gasteiger partial charge in [-0.1, -0.05) is 72.8 Å². The molecule has 0 spiro atoms. The molecule has 3 aromatic carbocycles. The normalized spacial score (nSPS) is 12.7. The third kappa shape index (κ3) is 4.83. The first-order valence-corrected chi connectivity index (χ1v) is 11.7. The Bertz CT molecular complexity index is 1300. The van der Waals surface area contributed by atoms with Crippen LogP contribution in [0.4, 0.5) is 5.69 Å². The van der Waals surface area contributed by atoms with Crippen molar-refractivity contribution in [2.45, 2.75) is 12.6 Å². The lowest BCUT2D eigenvalue weighted by atomic mass is 9.99. The topological polar surface area (TPSA) is 79.3 Å². The summed E-state index contributed by atoms with van der Waals surface area (Å²) in [5.41, 5.74) is 3.80. The van der Waals surface area contributed by atoms with Crippen molar-refractivity contribution in [1.29, 1.82) is 0 Å². The van der Waals surface area contributed by atoms with Crippen molar-refractivity contribution in [3.05, 3.63) is 120 Å². The molecule has 0 saturated carbocycles. The lowest BCUT2D eigenvalue weighted by molar-refractivity contribution is 0.0647. The Morgan fingerprint density at radius 1 is 0.800 bits per heavy atom. The molecule has 7 nitrogen and oxygen atoms in total. The first-order valence-electron chi connectivity index (χ1n) is 11.3. The van der Waals surface area contributed by atoms with Crippen molar-refractivity contribution in [2.24, 2.45) is 0 Å². The number of rotatable bonds is 7. The first kappa shape index (κ1) is 22.5. The van der Waals surface area contributed by atoms with E-state index in [0.717, 1.165) is 11.1 Å². The van der Waals surface area contributed by atoms with Gasteiger partial charge in [-0.05, 0) is 35.5 Å². The SMILES string of the molecule is O=C1c2ccccc2C(=O)N1CCn1cc(NC(=S)NC(c2ccccc2)c2ccccc2)cn1. The van der Waals surface area contributed by atoms with Crippen LogP contribution >= 0.6 is 12.2 Å². The van der Waals surface area contributed by atoms with E-state index in [9.17, 15) is 9.59 Å². The number of nitrogens with zero attached hydrogens (tertiary/aromatic N) is 3. The van der Waals surface area contributed by atoms with Crippen molar-refractivity contribution in [1.82, 2.24) is 20.0 Å². The second-order valence-electron chi connectivity index (χ2n) is 8.15. The Morgan fingerprint density at radius 2 is 1.34 bits per heavy atom. The Kier molecular flexibility index (Phi) is 6.36. The molecule has 0 radical (unpaired) electrons. The maximum atomic E-state index is 12.6. The molecule has 5 rings (SSSR count). The summed E-state index contributed by atoms with van der Waals surface area (Å²) < 4.78 is 1.68. The number of fused-ring (bicyclic) bond motifs is 1. The molecular formula is C27H23N5O2S. The van der Waals surface area contributed by atoms with Gasteiger partial charge in [0.2, 0.25) is 0 Å². The van der Waals surface area contributed by atoms with Gasteiger partial charge >= 0.3 is 0 Å². The van der Waals surface area contributed by atoms with Crippen molar-refractivity contribution in [2.75, 3.05) is 11.9 Å². The number of amides is 2. The van der Waals surface area contributed by atoms with Crippen LogP contribution in [0, 0.1) is 0 Å².